The molecule has 0 saturated heterocycles. The van der Waals surface area contributed by atoms with E-state index in [1.807, 2.05) is 30.8 Å². The fraction of sp³-hybridized carbons (Fsp3) is 0.765. The van der Waals surface area contributed by atoms with Gasteiger partial charge in [-0.1, -0.05) is 84.0 Å². The van der Waals surface area contributed by atoms with Crippen LogP contribution in [0.15, 0.2) is 18.3 Å². The third kappa shape index (κ3) is 20.1. The molecule has 9 nitrogen and oxygen atoms in total. The summed E-state index contributed by atoms with van der Waals surface area (Å²) in [6.07, 6.45) is 17.8. The molecular weight excluding hydrogens is 544 g/mol. The Morgan fingerprint density at radius 1 is 0.884 bits per heavy atom. The number of rotatable bonds is 26. The molecule has 0 aliphatic heterocycles. The Morgan fingerprint density at radius 2 is 1.49 bits per heavy atom. The van der Waals surface area contributed by atoms with Gasteiger partial charge in [0, 0.05) is 38.8 Å². The number of esters is 2. The molecular formula is C34H60N4O5. The summed E-state index contributed by atoms with van der Waals surface area (Å²) >= 11 is 0. The maximum atomic E-state index is 12.6. The molecule has 0 aromatic carbocycles. The number of carbonyl (C=O) groups is 3. The summed E-state index contributed by atoms with van der Waals surface area (Å²) in [7, 11) is 3.96. The van der Waals surface area contributed by atoms with Crippen LogP contribution in [0.3, 0.4) is 0 Å². The van der Waals surface area contributed by atoms with E-state index in [4.69, 9.17) is 9.47 Å². The molecule has 9 heteroatoms. The molecule has 1 aromatic heterocycles. The average Bonchev–Trinajstić information content (AvgIpc) is 2.98. The van der Waals surface area contributed by atoms with E-state index in [0.29, 0.717) is 37.3 Å². The summed E-state index contributed by atoms with van der Waals surface area (Å²) in [6, 6.07) is 3.24. The van der Waals surface area contributed by atoms with Crippen LogP contribution in [0.1, 0.15) is 127 Å². The van der Waals surface area contributed by atoms with E-state index in [2.05, 4.69) is 17.2 Å². The van der Waals surface area contributed by atoms with Crippen molar-refractivity contribution in [2.45, 2.75) is 123 Å². The Bertz CT molecular complexity index is 895. The summed E-state index contributed by atoms with van der Waals surface area (Å²) in [6.45, 7) is 8.65. The lowest BCUT2D eigenvalue weighted by Gasteiger charge is -2.23. The zero-order valence-electron chi connectivity index (χ0n) is 27.8. The number of ether oxygens (including phenoxy) is 2. The number of nitrogens with one attached hydrogen (secondary N) is 1. The standard InChI is InChI=1S/C34H60N4O5/c1-6-8-9-10-11-12-13-14-15-16-17-18-19-20-33(40)42-28-29(3)43-34(41)30-21-22-36-31(25-30)26-35-27-32(39)38(7-2)24-23-37(4)5/h21-22,25,29,35H,6-20,23-24,26-28H2,1-5H3. The van der Waals surface area contributed by atoms with Gasteiger partial charge in [0.1, 0.15) is 12.7 Å². The van der Waals surface area contributed by atoms with Gasteiger partial charge < -0.3 is 24.6 Å². The first-order valence-electron chi connectivity index (χ1n) is 16.7. The van der Waals surface area contributed by atoms with E-state index < -0.39 is 12.1 Å². The Kier molecular flexibility index (Phi) is 22.3. The molecule has 0 fully saturated rings. The first-order valence-corrected chi connectivity index (χ1v) is 16.7. The van der Waals surface area contributed by atoms with Crippen LogP contribution in [-0.4, -0.2) is 85.6 Å². The van der Waals surface area contributed by atoms with Gasteiger partial charge in [-0.15, -0.1) is 0 Å². The van der Waals surface area contributed by atoms with Crippen LogP contribution < -0.4 is 5.32 Å². The van der Waals surface area contributed by atoms with Crippen molar-refractivity contribution in [3.05, 3.63) is 29.6 Å². The molecule has 43 heavy (non-hydrogen) atoms. The van der Waals surface area contributed by atoms with Gasteiger partial charge in [-0.25, -0.2) is 4.79 Å². The Morgan fingerprint density at radius 3 is 2.07 bits per heavy atom. The second-order valence-electron chi connectivity index (χ2n) is 11.8. The van der Waals surface area contributed by atoms with E-state index >= 15 is 0 Å². The van der Waals surface area contributed by atoms with Crippen molar-refractivity contribution in [3.8, 4) is 0 Å². The van der Waals surface area contributed by atoms with E-state index in [1.54, 1.807) is 25.3 Å². The fourth-order valence-corrected chi connectivity index (χ4v) is 4.75. The first-order chi connectivity index (χ1) is 20.8. The van der Waals surface area contributed by atoms with Crippen LogP contribution in [0.25, 0.3) is 0 Å². The van der Waals surface area contributed by atoms with Gasteiger partial charge in [0.2, 0.25) is 5.91 Å². The van der Waals surface area contributed by atoms with E-state index in [1.165, 1.54) is 64.2 Å². The van der Waals surface area contributed by atoms with Gasteiger partial charge in [0.05, 0.1) is 17.8 Å². The number of hydrogen-bond acceptors (Lipinski definition) is 8. The van der Waals surface area contributed by atoms with Crippen molar-refractivity contribution < 1.29 is 23.9 Å². The highest BCUT2D eigenvalue weighted by Crippen LogP contribution is 2.13. The molecule has 1 aromatic rings. The minimum atomic E-state index is -0.558. The second-order valence-corrected chi connectivity index (χ2v) is 11.8. The lowest BCUT2D eigenvalue weighted by molar-refractivity contribution is -0.146. The Labute approximate surface area is 261 Å². The van der Waals surface area contributed by atoms with E-state index in [0.717, 1.165) is 25.8 Å². The predicted molar refractivity (Wildman–Crippen MR) is 173 cm³/mol. The van der Waals surface area contributed by atoms with Gasteiger partial charge in [0.25, 0.3) is 0 Å². The molecule has 1 N–H and O–H groups in total. The molecule has 0 bridgehead atoms. The van der Waals surface area contributed by atoms with Gasteiger partial charge in [-0.3, -0.25) is 14.6 Å². The monoisotopic (exact) mass is 604 g/mol. The van der Waals surface area contributed by atoms with Gasteiger partial charge in [-0.05, 0) is 46.5 Å². The van der Waals surface area contributed by atoms with Crippen molar-refractivity contribution in [3.63, 3.8) is 0 Å². The van der Waals surface area contributed by atoms with Crippen molar-refractivity contribution in [1.29, 1.82) is 0 Å². The highest BCUT2D eigenvalue weighted by Gasteiger charge is 2.16. The van der Waals surface area contributed by atoms with Crippen LogP contribution >= 0.6 is 0 Å². The summed E-state index contributed by atoms with van der Waals surface area (Å²) in [5.41, 5.74) is 1.000. The molecule has 1 unspecified atom stereocenters. The van der Waals surface area contributed by atoms with Crippen LogP contribution in [0, 0.1) is 0 Å². The Hall–Kier alpha value is -2.52. The summed E-state index contributed by atoms with van der Waals surface area (Å²) in [5.74, 6) is -0.723. The number of nitrogens with zero attached hydrogens (tertiary/aromatic N) is 3. The maximum absolute atomic E-state index is 12.6. The molecule has 1 amide bonds. The predicted octanol–water partition coefficient (Wildman–Crippen LogP) is 6.15. The largest absolute Gasteiger partial charge is 0.462 e. The van der Waals surface area contributed by atoms with E-state index in [9.17, 15) is 14.4 Å². The molecule has 0 aliphatic rings. The first kappa shape index (κ1) is 38.5. The van der Waals surface area contributed by atoms with Crippen LogP contribution in [0.4, 0.5) is 0 Å². The van der Waals surface area contributed by atoms with Gasteiger partial charge >= 0.3 is 11.9 Å². The maximum Gasteiger partial charge on any atom is 0.338 e. The van der Waals surface area contributed by atoms with Crippen LogP contribution in [0.5, 0.6) is 0 Å². The number of hydrogen-bond donors (Lipinski definition) is 1. The second kappa shape index (κ2) is 24.9. The topological polar surface area (TPSA) is 101 Å². The molecule has 246 valence electrons. The minimum absolute atomic E-state index is 0.0253. The highest BCUT2D eigenvalue weighted by molar-refractivity contribution is 5.89. The Balaban J connectivity index is 2.18. The number of pyridine rings is 1. The average molecular weight is 605 g/mol. The fourth-order valence-electron chi connectivity index (χ4n) is 4.75. The third-order valence-corrected chi connectivity index (χ3v) is 7.46. The SMILES string of the molecule is CCCCCCCCCCCCCCCC(=O)OCC(C)OC(=O)c1ccnc(CNCC(=O)N(CC)CCN(C)C)c1. The zero-order valence-corrected chi connectivity index (χ0v) is 27.8. The summed E-state index contributed by atoms with van der Waals surface area (Å²) < 4.78 is 10.8. The quantitative estimate of drug-likeness (QED) is 0.0993. The molecule has 0 saturated carbocycles. The smallest absolute Gasteiger partial charge is 0.338 e. The van der Waals surface area contributed by atoms with Crippen molar-refractivity contribution in [2.24, 2.45) is 0 Å². The molecule has 0 radical (unpaired) electrons. The third-order valence-electron chi connectivity index (χ3n) is 7.46. The number of unbranched alkanes of at least 4 members (excludes halogenated alkanes) is 12. The van der Waals surface area contributed by atoms with E-state index in [-0.39, 0.29) is 25.0 Å². The summed E-state index contributed by atoms with van der Waals surface area (Å²) in [5, 5.41) is 3.11. The van der Waals surface area contributed by atoms with Crippen LogP contribution in [0.2, 0.25) is 0 Å². The molecule has 1 rings (SSSR count). The van der Waals surface area contributed by atoms with Crippen molar-refractivity contribution in [2.75, 3.05) is 46.9 Å². The molecule has 1 atom stereocenters. The van der Waals surface area contributed by atoms with Crippen molar-refractivity contribution >= 4 is 17.8 Å². The molecule has 1 heterocycles. The zero-order chi connectivity index (χ0) is 31.7. The molecule has 0 aliphatic carbocycles. The highest BCUT2D eigenvalue weighted by atomic mass is 16.6. The molecule has 0 spiro atoms. The lowest BCUT2D eigenvalue weighted by atomic mass is 10.0. The number of aromatic nitrogens is 1. The van der Waals surface area contributed by atoms with Gasteiger partial charge in [0.15, 0.2) is 0 Å². The lowest BCUT2D eigenvalue weighted by Crippen LogP contribution is -2.41. The minimum Gasteiger partial charge on any atom is -0.462 e. The number of likely N-dealkylation sites (N-methyl/N-ethyl adjacent to an activating group) is 2. The number of carbonyl (C=O) groups excluding carboxylic acids is 3. The number of amides is 1. The van der Waals surface area contributed by atoms with Crippen molar-refractivity contribution in [1.82, 2.24) is 20.1 Å². The van der Waals surface area contributed by atoms with Gasteiger partial charge in [-0.2, -0.15) is 0 Å². The van der Waals surface area contributed by atoms with Crippen LogP contribution in [-0.2, 0) is 25.6 Å². The normalized spacial score (nSPS) is 11.9. The summed E-state index contributed by atoms with van der Waals surface area (Å²) in [4.78, 5) is 45.3.